The lowest BCUT2D eigenvalue weighted by Crippen LogP contribution is -2.12. The van der Waals surface area contributed by atoms with Gasteiger partial charge >= 0.3 is 6.18 Å². The van der Waals surface area contributed by atoms with Gasteiger partial charge in [0.15, 0.2) is 0 Å². The summed E-state index contributed by atoms with van der Waals surface area (Å²) in [5, 5.41) is 2.79. The average molecular weight is 297 g/mol. The lowest BCUT2D eigenvalue weighted by Gasteiger charge is -2.13. The third-order valence-electron chi connectivity index (χ3n) is 2.80. The van der Waals surface area contributed by atoms with Crippen molar-refractivity contribution in [1.82, 2.24) is 9.97 Å². The van der Waals surface area contributed by atoms with Gasteiger partial charge in [-0.3, -0.25) is 0 Å². The Balaban J connectivity index is 2.19. The van der Waals surface area contributed by atoms with E-state index in [0.717, 1.165) is 6.07 Å². The number of anilines is 1. The smallest absolute Gasteiger partial charge is 0.416 e. The molecule has 1 aromatic heterocycles. The normalized spacial score (nSPS) is 11.3. The van der Waals surface area contributed by atoms with Crippen molar-refractivity contribution in [3.8, 4) is 5.88 Å². The van der Waals surface area contributed by atoms with E-state index in [1.165, 1.54) is 19.2 Å². The zero-order valence-corrected chi connectivity index (χ0v) is 11.5. The largest absolute Gasteiger partial charge is 0.481 e. The Kier molecular flexibility index (Phi) is 4.30. The predicted octanol–water partition coefficient (Wildman–Crippen LogP) is 3.42. The lowest BCUT2D eigenvalue weighted by molar-refractivity contribution is -0.138. The molecule has 1 N–H and O–H groups in total. The molecule has 1 heterocycles. The fourth-order valence-electron chi connectivity index (χ4n) is 1.85. The summed E-state index contributed by atoms with van der Waals surface area (Å²) in [7, 11) is 1.46. The highest BCUT2D eigenvalue weighted by atomic mass is 19.4. The molecule has 0 radical (unpaired) electrons. The first-order chi connectivity index (χ1) is 9.90. The maximum absolute atomic E-state index is 12.9. The SMILES string of the molecule is COc1cc(C)nc(NCc2ccccc2C(F)(F)F)n1. The highest BCUT2D eigenvalue weighted by molar-refractivity contribution is 5.36. The molecule has 0 aliphatic carbocycles. The minimum Gasteiger partial charge on any atom is -0.481 e. The van der Waals surface area contributed by atoms with Crippen molar-refractivity contribution in [2.45, 2.75) is 19.6 Å². The van der Waals surface area contributed by atoms with Crippen LogP contribution in [0.3, 0.4) is 0 Å². The van der Waals surface area contributed by atoms with Gasteiger partial charge in [-0.2, -0.15) is 18.2 Å². The Morgan fingerprint density at radius 1 is 1.19 bits per heavy atom. The predicted molar refractivity (Wildman–Crippen MR) is 72.1 cm³/mol. The molecule has 0 bridgehead atoms. The molecule has 21 heavy (non-hydrogen) atoms. The summed E-state index contributed by atoms with van der Waals surface area (Å²) in [5.41, 5.74) is 0.125. The standard InChI is InChI=1S/C14H14F3N3O/c1-9-7-12(21-2)20-13(19-9)18-8-10-5-3-4-6-11(10)14(15,16)17/h3-7H,8H2,1-2H3,(H,18,19,20). The van der Waals surface area contributed by atoms with Crippen LogP contribution in [-0.4, -0.2) is 17.1 Å². The molecule has 0 amide bonds. The molecule has 0 aliphatic rings. The molecular formula is C14H14F3N3O. The lowest BCUT2D eigenvalue weighted by atomic mass is 10.1. The van der Waals surface area contributed by atoms with Gasteiger partial charge in [0.05, 0.1) is 12.7 Å². The first kappa shape index (κ1) is 15.1. The number of rotatable bonds is 4. The first-order valence-electron chi connectivity index (χ1n) is 6.19. The maximum atomic E-state index is 12.9. The molecule has 4 nitrogen and oxygen atoms in total. The highest BCUT2D eigenvalue weighted by Gasteiger charge is 2.32. The van der Waals surface area contributed by atoms with Crippen LogP contribution < -0.4 is 10.1 Å². The van der Waals surface area contributed by atoms with Crippen LogP contribution in [0.5, 0.6) is 5.88 Å². The summed E-state index contributed by atoms with van der Waals surface area (Å²) in [6.45, 7) is 1.72. The molecule has 112 valence electrons. The molecule has 0 fully saturated rings. The van der Waals surface area contributed by atoms with E-state index in [0.29, 0.717) is 11.6 Å². The van der Waals surface area contributed by atoms with Crippen LogP contribution >= 0.6 is 0 Å². The van der Waals surface area contributed by atoms with E-state index in [2.05, 4.69) is 15.3 Å². The van der Waals surface area contributed by atoms with E-state index >= 15 is 0 Å². The van der Waals surface area contributed by atoms with Crippen molar-refractivity contribution in [1.29, 1.82) is 0 Å². The number of nitrogens with one attached hydrogen (secondary N) is 1. The molecule has 0 spiro atoms. The van der Waals surface area contributed by atoms with Gasteiger partial charge in [-0.1, -0.05) is 18.2 Å². The monoisotopic (exact) mass is 297 g/mol. The minimum absolute atomic E-state index is 0.0255. The van der Waals surface area contributed by atoms with E-state index in [-0.39, 0.29) is 18.1 Å². The van der Waals surface area contributed by atoms with Gasteiger partial charge in [0.2, 0.25) is 11.8 Å². The van der Waals surface area contributed by atoms with Crippen molar-refractivity contribution < 1.29 is 17.9 Å². The van der Waals surface area contributed by atoms with E-state index in [1.54, 1.807) is 19.1 Å². The summed E-state index contributed by atoms with van der Waals surface area (Å²) in [6, 6.07) is 7.02. The fraction of sp³-hybridized carbons (Fsp3) is 0.286. The van der Waals surface area contributed by atoms with Crippen molar-refractivity contribution in [3.63, 3.8) is 0 Å². The Morgan fingerprint density at radius 3 is 2.57 bits per heavy atom. The molecule has 0 unspecified atom stereocenters. The van der Waals surface area contributed by atoms with Crippen LogP contribution in [0.25, 0.3) is 0 Å². The van der Waals surface area contributed by atoms with Crippen LogP contribution in [0, 0.1) is 6.92 Å². The fourth-order valence-corrected chi connectivity index (χ4v) is 1.85. The van der Waals surface area contributed by atoms with E-state index < -0.39 is 11.7 Å². The number of aromatic nitrogens is 2. The Labute approximate surface area is 120 Å². The second-order valence-corrected chi connectivity index (χ2v) is 4.38. The number of hydrogen-bond acceptors (Lipinski definition) is 4. The summed E-state index contributed by atoms with van der Waals surface area (Å²) >= 11 is 0. The third-order valence-corrected chi connectivity index (χ3v) is 2.80. The average Bonchev–Trinajstić information content (AvgIpc) is 2.44. The molecule has 2 aromatic rings. The second-order valence-electron chi connectivity index (χ2n) is 4.38. The van der Waals surface area contributed by atoms with Gasteiger partial charge in [0, 0.05) is 18.3 Å². The van der Waals surface area contributed by atoms with Crippen LogP contribution in [0.4, 0.5) is 19.1 Å². The number of halogens is 3. The zero-order chi connectivity index (χ0) is 15.5. The number of aryl methyl sites for hydroxylation is 1. The highest BCUT2D eigenvalue weighted by Crippen LogP contribution is 2.32. The van der Waals surface area contributed by atoms with E-state index in [9.17, 15) is 13.2 Å². The topological polar surface area (TPSA) is 47.0 Å². The van der Waals surface area contributed by atoms with Crippen molar-refractivity contribution in [2.24, 2.45) is 0 Å². The van der Waals surface area contributed by atoms with Crippen LogP contribution in [0.15, 0.2) is 30.3 Å². The molecule has 0 atom stereocenters. The number of benzene rings is 1. The molecular weight excluding hydrogens is 283 g/mol. The van der Waals surface area contributed by atoms with Crippen molar-refractivity contribution in [3.05, 3.63) is 47.2 Å². The second kappa shape index (κ2) is 5.99. The molecule has 0 saturated carbocycles. The van der Waals surface area contributed by atoms with Gasteiger partial charge in [-0.15, -0.1) is 0 Å². The van der Waals surface area contributed by atoms with Crippen LogP contribution in [0.1, 0.15) is 16.8 Å². The number of hydrogen-bond donors (Lipinski definition) is 1. The van der Waals surface area contributed by atoms with Crippen molar-refractivity contribution >= 4 is 5.95 Å². The molecule has 2 rings (SSSR count). The summed E-state index contributed by atoms with van der Waals surface area (Å²) in [5.74, 6) is 0.581. The van der Waals surface area contributed by atoms with Gasteiger partial charge in [0.25, 0.3) is 0 Å². The summed E-state index contributed by atoms with van der Waals surface area (Å²) in [4.78, 5) is 8.14. The van der Waals surface area contributed by atoms with Crippen molar-refractivity contribution in [2.75, 3.05) is 12.4 Å². The van der Waals surface area contributed by atoms with Gasteiger partial charge in [-0.05, 0) is 18.6 Å². The maximum Gasteiger partial charge on any atom is 0.416 e. The van der Waals surface area contributed by atoms with Crippen LogP contribution in [0.2, 0.25) is 0 Å². The first-order valence-corrected chi connectivity index (χ1v) is 6.19. The number of ether oxygens (including phenoxy) is 1. The van der Waals surface area contributed by atoms with E-state index in [1.807, 2.05) is 0 Å². The summed E-state index contributed by atoms with van der Waals surface area (Å²) in [6.07, 6.45) is -4.39. The quantitative estimate of drug-likeness (QED) is 0.939. The van der Waals surface area contributed by atoms with Gasteiger partial charge in [-0.25, -0.2) is 4.98 Å². The number of alkyl halides is 3. The third kappa shape index (κ3) is 3.84. The molecule has 0 saturated heterocycles. The minimum atomic E-state index is -4.39. The number of nitrogens with zero attached hydrogens (tertiary/aromatic N) is 2. The van der Waals surface area contributed by atoms with Gasteiger partial charge in [0.1, 0.15) is 0 Å². The Morgan fingerprint density at radius 2 is 1.90 bits per heavy atom. The molecule has 0 aliphatic heterocycles. The zero-order valence-electron chi connectivity index (χ0n) is 11.5. The Hall–Kier alpha value is -2.31. The summed E-state index contributed by atoms with van der Waals surface area (Å²) < 4.78 is 43.6. The van der Waals surface area contributed by atoms with Crippen LogP contribution in [-0.2, 0) is 12.7 Å². The number of methoxy groups -OCH3 is 1. The van der Waals surface area contributed by atoms with E-state index in [4.69, 9.17) is 4.74 Å². The Bertz CT molecular complexity index is 629. The molecule has 7 heteroatoms. The molecule has 1 aromatic carbocycles. The van der Waals surface area contributed by atoms with Gasteiger partial charge < -0.3 is 10.1 Å².